The maximum Gasteiger partial charge on any atom is 0.418 e. The lowest BCUT2D eigenvalue weighted by Gasteiger charge is -2.38. The Morgan fingerprint density at radius 1 is 1.00 bits per heavy atom. The summed E-state index contributed by atoms with van der Waals surface area (Å²) in [7, 11) is 1.48. The normalized spacial score (nSPS) is 14.5. The summed E-state index contributed by atoms with van der Waals surface area (Å²) in [5.74, 6) is 0.515. The molecule has 1 unspecified atom stereocenters. The van der Waals surface area contributed by atoms with E-state index in [1.807, 2.05) is 0 Å². The molecule has 0 aliphatic carbocycles. The Morgan fingerprint density at radius 2 is 1.70 bits per heavy atom. The molecule has 0 bridgehead atoms. The van der Waals surface area contributed by atoms with Crippen LogP contribution in [0.15, 0.2) is 65.5 Å². The molecule has 0 aliphatic rings. The highest BCUT2D eigenvalue weighted by Crippen LogP contribution is 2.42. The van der Waals surface area contributed by atoms with E-state index in [1.54, 1.807) is 68.4 Å². The zero-order valence-electron chi connectivity index (χ0n) is 17.0. The number of aliphatic hydroxyl groups is 1. The van der Waals surface area contributed by atoms with Crippen LogP contribution in [0.25, 0.3) is 10.9 Å². The van der Waals surface area contributed by atoms with E-state index in [4.69, 9.17) is 4.74 Å². The Kier molecular flexibility index (Phi) is 5.69. The molecule has 1 aromatic heterocycles. The third kappa shape index (κ3) is 4.21. The fraction of sp³-hybridized carbons (Fsp3) is 0.348. The minimum absolute atomic E-state index is 0.340. The first-order chi connectivity index (χ1) is 14.0. The van der Waals surface area contributed by atoms with Crippen molar-refractivity contribution in [1.82, 2.24) is 4.57 Å². The second-order valence-electron chi connectivity index (χ2n) is 8.14. The number of rotatable bonds is 6. The molecule has 0 spiro atoms. The molecule has 0 aliphatic heterocycles. The summed E-state index contributed by atoms with van der Waals surface area (Å²) >= 11 is 0. The summed E-state index contributed by atoms with van der Waals surface area (Å²) < 4.78 is 48.5. The van der Waals surface area contributed by atoms with Gasteiger partial charge in [-0.2, -0.15) is 13.2 Å². The molecule has 3 rings (SSSR count). The van der Waals surface area contributed by atoms with Gasteiger partial charge in [0, 0.05) is 6.07 Å². The average molecular weight is 419 g/mol. The average Bonchev–Trinajstić information content (AvgIpc) is 2.69. The Labute approximate surface area is 172 Å². The Bertz CT molecular complexity index is 1100. The van der Waals surface area contributed by atoms with Crippen molar-refractivity contribution in [2.45, 2.75) is 44.0 Å². The summed E-state index contributed by atoms with van der Waals surface area (Å²) in [4.78, 5) is 12.4. The number of halogens is 3. The van der Waals surface area contributed by atoms with Crippen LogP contribution >= 0.6 is 0 Å². The van der Waals surface area contributed by atoms with Gasteiger partial charge in [-0.15, -0.1) is 0 Å². The van der Waals surface area contributed by atoms with Crippen LogP contribution in [0.5, 0.6) is 5.75 Å². The second-order valence-corrected chi connectivity index (χ2v) is 8.14. The SMILES string of the molecule is COc1cccc(C(C)(C)CC(O)(Cn2c(=O)ccc3ccccc32)C(F)(F)F)c1. The summed E-state index contributed by atoms with van der Waals surface area (Å²) in [6, 6.07) is 16.2. The van der Waals surface area contributed by atoms with E-state index in [-0.39, 0.29) is 0 Å². The van der Waals surface area contributed by atoms with E-state index in [1.165, 1.54) is 13.2 Å². The first-order valence-electron chi connectivity index (χ1n) is 9.49. The largest absolute Gasteiger partial charge is 0.497 e. The van der Waals surface area contributed by atoms with Crippen LogP contribution in [0, 0.1) is 0 Å². The molecule has 3 aromatic rings. The minimum Gasteiger partial charge on any atom is -0.497 e. The molecular weight excluding hydrogens is 395 g/mol. The van der Waals surface area contributed by atoms with E-state index < -0.39 is 35.7 Å². The van der Waals surface area contributed by atoms with E-state index in [2.05, 4.69) is 0 Å². The predicted octanol–water partition coefficient (Wildman–Crippen LogP) is 4.67. The van der Waals surface area contributed by atoms with E-state index in [0.29, 0.717) is 22.2 Å². The molecule has 0 fully saturated rings. The topological polar surface area (TPSA) is 51.5 Å². The molecule has 1 atom stereocenters. The highest BCUT2D eigenvalue weighted by molar-refractivity contribution is 5.78. The summed E-state index contributed by atoms with van der Waals surface area (Å²) in [6.45, 7) is 2.36. The quantitative estimate of drug-likeness (QED) is 0.632. The van der Waals surface area contributed by atoms with Crippen LogP contribution in [-0.4, -0.2) is 28.6 Å². The van der Waals surface area contributed by atoms with Gasteiger partial charge >= 0.3 is 6.18 Å². The first-order valence-corrected chi connectivity index (χ1v) is 9.49. The Morgan fingerprint density at radius 3 is 2.37 bits per heavy atom. The van der Waals surface area contributed by atoms with Crippen LogP contribution in [0.1, 0.15) is 25.8 Å². The van der Waals surface area contributed by atoms with Crippen molar-refractivity contribution in [2.24, 2.45) is 0 Å². The first kappa shape index (κ1) is 21.9. The minimum atomic E-state index is -4.94. The third-order valence-electron chi connectivity index (χ3n) is 5.43. The van der Waals surface area contributed by atoms with Crippen molar-refractivity contribution in [1.29, 1.82) is 0 Å². The van der Waals surface area contributed by atoms with E-state index in [0.717, 1.165) is 4.57 Å². The molecule has 30 heavy (non-hydrogen) atoms. The maximum atomic E-state index is 14.1. The van der Waals surface area contributed by atoms with Crippen LogP contribution in [0.2, 0.25) is 0 Å². The molecule has 7 heteroatoms. The van der Waals surface area contributed by atoms with Crippen molar-refractivity contribution >= 4 is 10.9 Å². The van der Waals surface area contributed by atoms with Gasteiger partial charge in [0.15, 0.2) is 5.60 Å². The Balaban J connectivity index is 2.06. The van der Waals surface area contributed by atoms with Crippen LogP contribution in [-0.2, 0) is 12.0 Å². The number of benzene rings is 2. The van der Waals surface area contributed by atoms with Gasteiger partial charge in [-0.1, -0.05) is 44.2 Å². The summed E-state index contributed by atoms with van der Waals surface area (Å²) in [6.07, 6.45) is -5.58. The molecule has 0 amide bonds. The van der Waals surface area contributed by atoms with Gasteiger partial charge in [0.25, 0.3) is 5.56 Å². The van der Waals surface area contributed by atoms with Gasteiger partial charge in [-0.05, 0) is 47.1 Å². The number of alkyl halides is 3. The number of pyridine rings is 1. The smallest absolute Gasteiger partial charge is 0.418 e. The second kappa shape index (κ2) is 7.80. The fourth-order valence-corrected chi connectivity index (χ4v) is 3.79. The molecule has 1 heterocycles. The van der Waals surface area contributed by atoms with Crippen molar-refractivity contribution in [3.63, 3.8) is 0 Å². The predicted molar refractivity (Wildman–Crippen MR) is 110 cm³/mol. The molecule has 160 valence electrons. The van der Waals surface area contributed by atoms with Gasteiger partial charge in [0.1, 0.15) is 5.75 Å². The number of fused-ring (bicyclic) bond motifs is 1. The highest BCUT2D eigenvalue weighted by atomic mass is 19.4. The molecule has 0 saturated heterocycles. The number of methoxy groups -OCH3 is 1. The maximum absolute atomic E-state index is 14.1. The number of ether oxygens (including phenoxy) is 1. The molecule has 2 aromatic carbocycles. The van der Waals surface area contributed by atoms with Gasteiger partial charge < -0.3 is 14.4 Å². The van der Waals surface area contributed by atoms with Crippen molar-refractivity contribution in [2.75, 3.05) is 7.11 Å². The number of para-hydroxylation sites is 1. The monoisotopic (exact) mass is 419 g/mol. The third-order valence-corrected chi connectivity index (χ3v) is 5.43. The van der Waals surface area contributed by atoms with Gasteiger partial charge in [0.05, 0.1) is 19.2 Å². The van der Waals surface area contributed by atoms with E-state index >= 15 is 0 Å². The van der Waals surface area contributed by atoms with E-state index in [9.17, 15) is 23.1 Å². The van der Waals surface area contributed by atoms with Gasteiger partial charge in [0.2, 0.25) is 0 Å². The summed E-state index contributed by atoms with van der Waals surface area (Å²) in [5.41, 5.74) is -3.84. The number of hydrogen-bond acceptors (Lipinski definition) is 3. The molecule has 4 nitrogen and oxygen atoms in total. The number of hydrogen-bond donors (Lipinski definition) is 1. The van der Waals surface area contributed by atoms with Crippen molar-refractivity contribution in [3.8, 4) is 5.75 Å². The molecule has 0 saturated carbocycles. The molecule has 1 N–H and O–H groups in total. The lowest BCUT2D eigenvalue weighted by atomic mass is 9.74. The lowest BCUT2D eigenvalue weighted by Crippen LogP contribution is -2.53. The van der Waals surface area contributed by atoms with Crippen LogP contribution < -0.4 is 10.3 Å². The van der Waals surface area contributed by atoms with Gasteiger partial charge in [-0.25, -0.2) is 0 Å². The van der Waals surface area contributed by atoms with Gasteiger partial charge in [-0.3, -0.25) is 4.79 Å². The van der Waals surface area contributed by atoms with Crippen molar-refractivity contribution < 1.29 is 23.0 Å². The Hall–Kier alpha value is -2.80. The number of nitrogens with zero attached hydrogens (tertiary/aromatic N) is 1. The lowest BCUT2D eigenvalue weighted by molar-refractivity contribution is -0.271. The molecular formula is C23H24F3NO3. The standard InChI is InChI=1S/C23H24F3NO3/c1-21(2,17-8-6-9-18(13-17)30-3)14-22(29,23(24,25)26)15-27-19-10-5-4-7-16(19)11-12-20(27)28/h4-13,29H,14-15H2,1-3H3. The van der Waals surface area contributed by atoms with Crippen LogP contribution in [0.4, 0.5) is 13.2 Å². The fourth-order valence-electron chi connectivity index (χ4n) is 3.79. The van der Waals surface area contributed by atoms with Crippen LogP contribution in [0.3, 0.4) is 0 Å². The zero-order chi connectivity index (χ0) is 22.2. The number of aromatic nitrogens is 1. The molecule has 0 radical (unpaired) electrons. The zero-order valence-corrected chi connectivity index (χ0v) is 17.0. The van der Waals surface area contributed by atoms with Crippen molar-refractivity contribution in [3.05, 3.63) is 76.6 Å². The summed E-state index contributed by atoms with van der Waals surface area (Å²) in [5, 5.41) is 11.5. The highest BCUT2D eigenvalue weighted by Gasteiger charge is 2.56.